The minimum absolute atomic E-state index is 0. The van der Waals surface area contributed by atoms with Gasteiger partial charge in [0.25, 0.3) is 0 Å². The van der Waals surface area contributed by atoms with E-state index in [4.69, 9.17) is 0 Å². The standard InChI is InChI=1S/C6H12O2.K.H2O/c1-2-3-4-5-6(7)8;;/h2-5H2,1H3,(H,7,8);;1H2/q;+1;/p-1. The first-order valence-electron chi connectivity index (χ1n) is 2.97. The zero-order chi connectivity index (χ0) is 6.41. The number of hydrogen-bond donors (Lipinski definition) is 0. The molecule has 3 nitrogen and oxygen atoms in total. The molecule has 10 heavy (non-hydrogen) atoms. The fourth-order valence-corrected chi connectivity index (χ4v) is 0.519. The van der Waals surface area contributed by atoms with Crippen molar-refractivity contribution in [2.45, 2.75) is 32.6 Å². The van der Waals surface area contributed by atoms with Gasteiger partial charge in [0.05, 0.1) is 0 Å². The summed E-state index contributed by atoms with van der Waals surface area (Å²) in [6, 6.07) is 0. The molecule has 0 unspecified atom stereocenters. The van der Waals surface area contributed by atoms with Crippen molar-refractivity contribution in [2.75, 3.05) is 0 Å². The largest absolute Gasteiger partial charge is 1.00 e. The van der Waals surface area contributed by atoms with Crippen molar-refractivity contribution in [1.29, 1.82) is 0 Å². The molecule has 0 aromatic rings. The zero-order valence-corrected chi connectivity index (χ0v) is 9.77. The fourth-order valence-electron chi connectivity index (χ4n) is 0.519. The van der Waals surface area contributed by atoms with Gasteiger partial charge in [-0.25, -0.2) is 0 Å². The number of carbonyl (C=O) groups is 1. The first-order valence-corrected chi connectivity index (χ1v) is 2.97. The molecule has 0 bridgehead atoms. The summed E-state index contributed by atoms with van der Waals surface area (Å²) < 4.78 is 0. The predicted molar refractivity (Wildman–Crippen MR) is 32.8 cm³/mol. The number of unbranched alkanes of at least 4 members (excludes halogenated alkanes) is 2. The normalized spacial score (nSPS) is 7.30. The zero-order valence-electron chi connectivity index (χ0n) is 6.64. The Bertz CT molecular complexity index is 75.4. The second kappa shape index (κ2) is 12.7. The van der Waals surface area contributed by atoms with Crippen molar-refractivity contribution in [1.82, 2.24) is 0 Å². The van der Waals surface area contributed by atoms with Crippen LogP contribution in [0.25, 0.3) is 0 Å². The van der Waals surface area contributed by atoms with Crippen LogP contribution in [0.1, 0.15) is 32.6 Å². The van der Waals surface area contributed by atoms with Gasteiger partial charge in [-0.3, -0.25) is 0 Å². The van der Waals surface area contributed by atoms with E-state index in [1.165, 1.54) is 0 Å². The van der Waals surface area contributed by atoms with Gasteiger partial charge >= 0.3 is 51.4 Å². The Morgan fingerprint density at radius 3 is 2.20 bits per heavy atom. The molecule has 0 radical (unpaired) electrons. The molecule has 0 atom stereocenters. The second-order valence-electron chi connectivity index (χ2n) is 1.83. The maximum absolute atomic E-state index is 9.76. The van der Waals surface area contributed by atoms with Crippen molar-refractivity contribution in [3.8, 4) is 0 Å². The number of carbonyl (C=O) groups excluding carboxylic acids is 1. The first-order chi connectivity index (χ1) is 3.77. The van der Waals surface area contributed by atoms with E-state index in [0.717, 1.165) is 19.3 Å². The molecule has 56 valence electrons. The van der Waals surface area contributed by atoms with Gasteiger partial charge in [-0.05, 0) is 12.8 Å². The van der Waals surface area contributed by atoms with Crippen molar-refractivity contribution in [2.24, 2.45) is 0 Å². The maximum Gasteiger partial charge on any atom is 1.00 e. The molecule has 0 aliphatic heterocycles. The molecule has 2 N–H and O–H groups in total. The van der Waals surface area contributed by atoms with Crippen LogP contribution in [0.5, 0.6) is 0 Å². The van der Waals surface area contributed by atoms with Crippen molar-refractivity contribution < 1.29 is 66.8 Å². The third-order valence-corrected chi connectivity index (χ3v) is 0.984. The number of hydrogen-bond acceptors (Lipinski definition) is 2. The van der Waals surface area contributed by atoms with E-state index in [1.54, 1.807) is 0 Å². The van der Waals surface area contributed by atoms with E-state index in [1.807, 2.05) is 6.92 Å². The van der Waals surface area contributed by atoms with Crippen LogP contribution in [0, 0.1) is 0 Å². The van der Waals surface area contributed by atoms with E-state index in [0.29, 0.717) is 0 Å². The molecule has 0 amide bonds. The van der Waals surface area contributed by atoms with Crippen LogP contribution in [0.4, 0.5) is 0 Å². The molecule has 0 spiro atoms. The number of rotatable bonds is 4. The summed E-state index contributed by atoms with van der Waals surface area (Å²) in [4.78, 5) is 9.76. The van der Waals surface area contributed by atoms with Crippen LogP contribution < -0.4 is 56.5 Å². The summed E-state index contributed by atoms with van der Waals surface area (Å²) >= 11 is 0. The predicted octanol–water partition coefficient (Wildman–Crippen LogP) is -3.50. The molecule has 0 saturated carbocycles. The third kappa shape index (κ3) is 16.0. The third-order valence-electron chi connectivity index (χ3n) is 0.984. The molecular weight excluding hydrogens is 159 g/mol. The quantitative estimate of drug-likeness (QED) is 0.326. The Morgan fingerprint density at radius 2 is 1.90 bits per heavy atom. The molecule has 0 heterocycles. The minimum atomic E-state index is -0.932. The molecule has 0 saturated heterocycles. The summed E-state index contributed by atoms with van der Waals surface area (Å²) in [5, 5.41) is 9.76. The molecule has 4 heteroatoms. The summed E-state index contributed by atoms with van der Waals surface area (Å²) in [6.07, 6.45) is 3.04. The van der Waals surface area contributed by atoms with Crippen molar-refractivity contribution >= 4 is 5.97 Å². The molecule has 0 aromatic heterocycles. The minimum Gasteiger partial charge on any atom is -0.550 e. The van der Waals surface area contributed by atoms with Gasteiger partial charge in [0.15, 0.2) is 0 Å². The summed E-state index contributed by atoms with van der Waals surface area (Å²) in [7, 11) is 0. The number of carboxylic acid groups (broad SMARTS) is 1. The van der Waals surface area contributed by atoms with Crippen LogP contribution in [0.3, 0.4) is 0 Å². The van der Waals surface area contributed by atoms with E-state index in [9.17, 15) is 9.90 Å². The Kier molecular flexibility index (Phi) is 21.9. The molecule has 0 aliphatic carbocycles. The average Bonchev–Trinajstić information content (AvgIpc) is 1.66. The maximum atomic E-state index is 9.76. The second-order valence-corrected chi connectivity index (χ2v) is 1.83. The Balaban J connectivity index is -0.000000245. The van der Waals surface area contributed by atoms with Crippen LogP contribution in [0.15, 0.2) is 0 Å². The van der Waals surface area contributed by atoms with Crippen LogP contribution >= 0.6 is 0 Å². The Labute approximate surface area is 104 Å². The topological polar surface area (TPSA) is 71.6 Å². The van der Waals surface area contributed by atoms with E-state index in [-0.39, 0.29) is 63.3 Å². The van der Waals surface area contributed by atoms with Crippen molar-refractivity contribution in [3.05, 3.63) is 0 Å². The number of carboxylic acids is 1. The Hall–Kier alpha value is 1.07. The molecular formula is C6H13KO3. The molecule has 0 aromatic carbocycles. The van der Waals surface area contributed by atoms with E-state index in [2.05, 4.69) is 0 Å². The van der Waals surface area contributed by atoms with Gasteiger partial charge in [-0.1, -0.05) is 19.8 Å². The van der Waals surface area contributed by atoms with Gasteiger partial charge < -0.3 is 15.4 Å². The Morgan fingerprint density at radius 1 is 1.40 bits per heavy atom. The van der Waals surface area contributed by atoms with Gasteiger partial charge in [0.2, 0.25) is 0 Å². The van der Waals surface area contributed by atoms with Gasteiger partial charge in [-0.15, -0.1) is 0 Å². The SMILES string of the molecule is CCCCCC(=O)[O-].O.[K+]. The van der Waals surface area contributed by atoms with E-state index >= 15 is 0 Å². The molecule has 0 aliphatic rings. The van der Waals surface area contributed by atoms with Gasteiger partial charge in [0.1, 0.15) is 0 Å². The van der Waals surface area contributed by atoms with Gasteiger partial charge in [0, 0.05) is 5.97 Å². The first kappa shape index (κ1) is 17.2. The monoisotopic (exact) mass is 172 g/mol. The fraction of sp³-hybridized carbons (Fsp3) is 0.833. The molecule has 0 rings (SSSR count). The number of aliphatic carboxylic acids is 1. The summed E-state index contributed by atoms with van der Waals surface area (Å²) in [5.41, 5.74) is 0. The smallest absolute Gasteiger partial charge is 0.550 e. The summed E-state index contributed by atoms with van der Waals surface area (Å²) in [5.74, 6) is -0.932. The van der Waals surface area contributed by atoms with Crippen LogP contribution in [-0.2, 0) is 4.79 Å². The van der Waals surface area contributed by atoms with E-state index < -0.39 is 5.97 Å². The van der Waals surface area contributed by atoms with Gasteiger partial charge in [-0.2, -0.15) is 0 Å². The summed E-state index contributed by atoms with van der Waals surface area (Å²) in [6.45, 7) is 2.04. The van der Waals surface area contributed by atoms with Crippen molar-refractivity contribution in [3.63, 3.8) is 0 Å². The van der Waals surface area contributed by atoms with Crippen LogP contribution in [-0.4, -0.2) is 11.4 Å². The average molecular weight is 172 g/mol. The molecule has 0 fully saturated rings. The van der Waals surface area contributed by atoms with Crippen LogP contribution in [0.2, 0.25) is 0 Å².